The lowest BCUT2D eigenvalue weighted by atomic mass is 9.86. The maximum atomic E-state index is 13.9. The number of anilines is 1. The molecule has 0 saturated heterocycles. The summed E-state index contributed by atoms with van der Waals surface area (Å²) in [6.07, 6.45) is 11.4. The number of hydrogen-bond acceptors (Lipinski definition) is 7. The number of rotatable bonds is 9. The van der Waals surface area contributed by atoms with Gasteiger partial charge in [-0.1, -0.05) is 50.7 Å². The van der Waals surface area contributed by atoms with Crippen LogP contribution in [0.4, 0.5) is 5.69 Å². The van der Waals surface area contributed by atoms with Gasteiger partial charge in [0.05, 0.1) is 16.5 Å². The van der Waals surface area contributed by atoms with Crippen molar-refractivity contribution in [3.05, 3.63) is 33.6 Å². The van der Waals surface area contributed by atoms with Crippen LogP contribution in [0.25, 0.3) is 10.4 Å². The molecule has 0 aliphatic heterocycles. The minimum atomic E-state index is -0.651. The Hall–Kier alpha value is -2.39. The summed E-state index contributed by atoms with van der Waals surface area (Å²) in [5.41, 5.74) is 1.07. The molecule has 1 aromatic heterocycles. The molecule has 2 fully saturated rings. The van der Waals surface area contributed by atoms with E-state index in [2.05, 4.69) is 15.9 Å². The average molecular weight is 649 g/mol. The van der Waals surface area contributed by atoms with E-state index in [0.717, 1.165) is 61.2 Å². The second-order valence-electron chi connectivity index (χ2n) is 12.1. The number of carbonyl (C=O) groups is 3. The monoisotopic (exact) mass is 647 g/mol. The van der Waals surface area contributed by atoms with E-state index in [9.17, 15) is 14.4 Å². The van der Waals surface area contributed by atoms with Gasteiger partial charge < -0.3 is 19.1 Å². The van der Waals surface area contributed by atoms with Crippen LogP contribution in [0.2, 0.25) is 0 Å². The Bertz CT molecular complexity index is 1220. The Morgan fingerprint density at radius 3 is 2.29 bits per heavy atom. The predicted octanol–water partition coefficient (Wildman–Crippen LogP) is 8.18. The van der Waals surface area contributed by atoms with E-state index in [1.807, 2.05) is 29.2 Å². The molecule has 4 rings (SSSR count). The highest BCUT2D eigenvalue weighted by molar-refractivity contribution is 9.10. The Kier molecular flexibility index (Phi) is 10.9. The number of esters is 2. The molecule has 0 spiro atoms. The van der Waals surface area contributed by atoms with E-state index in [4.69, 9.17) is 14.2 Å². The van der Waals surface area contributed by atoms with E-state index in [-0.39, 0.29) is 29.1 Å². The Labute approximate surface area is 256 Å². The van der Waals surface area contributed by atoms with Crippen molar-refractivity contribution in [1.82, 2.24) is 0 Å². The molecule has 0 bridgehead atoms. The molecular formula is C32H42BrNO6S. The van der Waals surface area contributed by atoms with Gasteiger partial charge >= 0.3 is 11.9 Å². The average Bonchev–Trinajstić information content (AvgIpc) is 3.30. The molecule has 0 atom stereocenters. The number of methoxy groups -OCH3 is 1. The fourth-order valence-electron chi connectivity index (χ4n) is 5.78. The molecule has 2 aromatic rings. The van der Waals surface area contributed by atoms with Crippen LogP contribution in [-0.4, -0.2) is 43.7 Å². The van der Waals surface area contributed by atoms with Gasteiger partial charge in [0.15, 0.2) is 17.2 Å². The Balaban J connectivity index is 1.65. The maximum Gasteiger partial charge on any atom is 0.351 e. The molecule has 2 aliphatic carbocycles. The minimum Gasteiger partial charge on any atom is -0.479 e. The van der Waals surface area contributed by atoms with Crippen LogP contribution in [0.15, 0.2) is 28.7 Å². The van der Waals surface area contributed by atoms with Crippen molar-refractivity contribution in [1.29, 1.82) is 0 Å². The van der Waals surface area contributed by atoms with Crippen molar-refractivity contribution in [2.45, 2.75) is 90.6 Å². The van der Waals surface area contributed by atoms with Crippen molar-refractivity contribution in [2.75, 3.05) is 25.2 Å². The highest BCUT2D eigenvalue weighted by Crippen LogP contribution is 2.46. The summed E-state index contributed by atoms with van der Waals surface area (Å²) in [5.74, 6) is -0.0338. The molecule has 1 heterocycles. The van der Waals surface area contributed by atoms with Crippen molar-refractivity contribution >= 4 is 50.8 Å². The molecule has 224 valence electrons. The van der Waals surface area contributed by atoms with Crippen molar-refractivity contribution in [3.8, 4) is 16.2 Å². The number of carbonyl (C=O) groups excluding carboxylic acids is 3. The number of ether oxygens (including phenoxy) is 3. The second-order valence-corrected chi connectivity index (χ2v) is 13.9. The summed E-state index contributed by atoms with van der Waals surface area (Å²) in [6.45, 7) is 5.75. The largest absolute Gasteiger partial charge is 0.479 e. The van der Waals surface area contributed by atoms with Crippen molar-refractivity contribution in [3.63, 3.8) is 0 Å². The zero-order valence-electron chi connectivity index (χ0n) is 24.6. The fraction of sp³-hybridized carbons (Fsp3) is 0.594. The second kappa shape index (κ2) is 14.2. The lowest BCUT2D eigenvalue weighted by Crippen LogP contribution is -2.40. The summed E-state index contributed by atoms with van der Waals surface area (Å²) in [7, 11) is 1.31. The van der Waals surface area contributed by atoms with E-state index in [1.165, 1.54) is 44.1 Å². The molecule has 9 heteroatoms. The van der Waals surface area contributed by atoms with Crippen LogP contribution in [-0.2, 0) is 19.1 Å². The van der Waals surface area contributed by atoms with Gasteiger partial charge in [-0.05, 0) is 86.0 Å². The summed E-state index contributed by atoms with van der Waals surface area (Å²) in [5, 5.41) is 0. The highest BCUT2D eigenvalue weighted by Gasteiger charge is 2.31. The molecule has 0 radical (unpaired) electrons. The van der Waals surface area contributed by atoms with E-state index >= 15 is 0 Å². The van der Waals surface area contributed by atoms with Crippen LogP contribution < -0.4 is 9.64 Å². The number of thiophene rings is 1. The van der Waals surface area contributed by atoms with Gasteiger partial charge in [-0.25, -0.2) is 9.59 Å². The number of nitrogens with zero attached hydrogens (tertiary/aromatic N) is 1. The lowest BCUT2D eigenvalue weighted by Gasteiger charge is -2.33. The molecular weight excluding hydrogens is 606 g/mol. The molecule has 1 aromatic carbocycles. The minimum absolute atomic E-state index is 0.0725. The summed E-state index contributed by atoms with van der Waals surface area (Å²) >= 11 is 4.85. The van der Waals surface area contributed by atoms with Gasteiger partial charge in [0.1, 0.15) is 5.60 Å². The topological polar surface area (TPSA) is 82.1 Å². The molecule has 0 unspecified atom stereocenters. The van der Waals surface area contributed by atoms with Crippen molar-refractivity contribution in [2.24, 2.45) is 11.8 Å². The van der Waals surface area contributed by atoms with Gasteiger partial charge in [0.25, 0.3) is 0 Å². The van der Waals surface area contributed by atoms with Crippen molar-refractivity contribution < 1.29 is 28.6 Å². The van der Waals surface area contributed by atoms with E-state index in [0.29, 0.717) is 10.4 Å². The first-order valence-electron chi connectivity index (χ1n) is 14.7. The predicted molar refractivity (Wildman–Crippen MR) is 166 cm³/mol. The first-order valence-corrected chi connectivity index (χ1v) is 16.4. The number of benzene rings is 1. The SMILES string of the molecule is COC(=O)c1sc(-c2cccc(N(CC3CCCCC3)C(=O)C3CCCCC3)c2)c(Br)c1OCC(=O)OC(C)(C)C. The molecule has 1 amide bonds. The molecule has 41 heavy (non-hydrogen) atoms. The number of amides is 1. The lowest BCUT2D eigenvalue weighted by molar-refractivity contribution is -0.157. The third kappa shape index (κ3) is 8.34. The fourth-order valence-corrected chi connectivity index (χ4v) is 7.74. The summed E-state index contributed by atoms with van der Waals surface area (Å²) in [6, 6.07) is 7.95. The zero-order chi connectivity index (χ0) is 29.6. The quantitative estimate of drug-likeness (QED) is 0.255. The highest BCUT2D eigenvalue weighted by atomic mass is 79.9. The summed E-state index contributed by atoms with van der Waals surface area (Å²) in [4.78, 5) is 42.0. The van der Waals surface area contributed by atoms with Gasteiger partial charge in [0.2, 0.25) is 5.91 Å². The molecule has 2 aliphatic rings. The van der Waals surface area contributed by atoms with Crippen LogP contribution in [0, 0.1) is 11.8 Å². The normalized spacial score (nSPS) is 16.7. The first-order chi connectivity index (χ1) is 19.6. The first kappa shape index (κ1) is 31.5. The smallest absolute Gasteiger partial charge is 0.351 e. The molecule has 0 N–H and O–H groups in total. The molecule has 7 nitrogen and oxygen atoms in total. The zero-order valence-corrected chi connectivity index (χ0v) is 27.0. The van der Waals surface area contributed by atoms with E-state index < -0.39 is 17.5 Å². The Morgan fingerprint density at radius 2 is 1.66 bits per heavy atom. The van der Waals surface area contributed by atoms with Gasteiger partial charge in [-0.2, -0.15) is 0 Å². The number of hydrogen-bond donors (Lipinski definition) is 0. The van der Waals surface area contributed by atoms with Crippen LogP contribution in [0.1, 0.15) is 94.7 Å². The van der Waals surface area contributed by atoms with Gasteiger partial charge in [-0.15, -0.1) is 11.3 Å². The summed E-state index contributed by atoms with van der Waals surface area (Å²) < 4.78 is 16.8. The van der Waals surface area contributed by atoms with E-state index in [1.54, 1.807) is 20.8 Å². The standard InChI is InChI=1S/C32H42BrNO6S/c1-32(2,3)40-25(35)20-39-27-26(33)28(41-29(27)31(37)38-4)23-16-11-17-24(18-23)34(19-21-12-7-5-8-13-21)30(36)22-14-9-6-10-15-22/h11,16-18,21-22H,5-10,12-15,19-20H2,1-4H3. The molecule has 2 saturated carbocycles. The van der Waals surface area contributed by atoms with Crippen LogP contribution in [0.5, 0.6) is 5.75 Å². The van der Waals surface area contributed by atoms with Gasteiger partial charge in [0, 0.05) is 18.2 Å². The van der Waals surface area contributed by atoms with Crippen LogP contribution >= 0.6 is 27.3 Å². The third-order valence-corrected chi connectivity index (χ3v) is 9.96. The van der Waals surface area contributed by atoms with Gasteiger partial charge in [-0.3, -0.25) is 4.79 Å². The Morgan fingerprint density at radius 1 is 1.00 bits per heavy atom. The number of halogens is 1. The maximum absolute atomic E-state index is 13.9. The third-order valence-electron chi connectivity index (χ3n) is 7.74. The van der Waals surface area contributed by atoms with Crippen LogP contribution in [0.3, 0.4) is 0 Å².